The van der Waals surface area contributed by atoms with Crippen molar-refractivity contribution < 1.29 is 0 Å². The highest BCUT2D eigenvalue weighted by Gasteiger charge is 2.12. The summed E-state index contributed by atoms with van der Waals surface area (Å²) in [5, 5.41) is 3.66. The lowest BCUT2D eigenvalue weighted by atomic mass is 9.90. The minimum atomic E-state index is 0.921. The largest absolute Gasteiger partial charge is 0.381 e. The standard InChI is InChI=1S/C19H23N/c1-14-10-11-15(2)17(12-14)13-20-19-9-5-7-16-6-3-4-8-18(16)19/h5,7,9-12,20H,3-4,6,8,13H2,1-2H3. The monoisotopic (exact) mass is 265 g/mol. The van der Waals surface area contributed by atoms with Gasteiger partial charge in [-0.25, -0.2) is 0 Å². The number of rotatable bonds is 3. The lowest BCUT2D eigenvalue weighted by molar-refractivity contribution is 0.686. The van der Waals surface area contributed by atoms with Gasteiger partial charge in [-0.15, -0.1) is 0 Å². The predicted octanol–water partition coefficient (Wildman–Crippen LogP) is 4.79. The number of nitrogens with one attached hydrogen (secondary N) is 1. The Hall–Kier alpha value is -1.76. The van der Waals surface area contributed by atoms with Crippen molar-refractivity contribution in [3.8, 4) is 0 Å². The molecule has 0 spiro atoms. The van der Waals surface area contributed by atoms with Gasteiger partial charge in [0.05, 0.1) is 0 Å². The van der Waals surface area contributed by atoms with Gasteiger partial charge in [0.1, 0.15) is 0 Å². The fraction of sp³-hybridized carbons (Fsp3) is 0.368. The van der Waals surface area contributed by atoms with E-state index in [1.807, 2.05) is 0 Å². The fourth-order valence-corrected chi connectivity index (χ4v) is 3.13. The predicted molar refractivity (Wildman–Crippen MR) is 86.3 cm³/mol. The topological polar surface area (TPSA) is 12.0 Å². The molecule has 1 aliphatic rings. The lowest BCUT2D eigenvalue weighted by Gasteiger charge is -2.20. The maximum absolute atomic E-state index is 3.66. The SMILES string of the molecule is Cc1ccc(C)c(CNc2cccc3c2CCCC3)c1. The van der Waals surface area contributed by atoms with Crippen LogP contribution in [0.1, 0.15) is 40.7 Å². The van der Waals surface area contributed by atoms with Crippen LogP contribution in [0.15, 0.2) is 36.4 Å². The van der Waals surface area contributed by atoms with Crippen molar-refractivity contribution >= 4 is 5.69 Å². The van der Waals surface area contributed by atoms with E-state index >= 15 is 0 Å². The third-order valence-electron chi connectivity index (χ3n) is 4.37. The van der Waals surface area contributed by atoms with Crippen LogP contribution < -0.4 is 5.32 Å². The van der Waals surface area contributed by atoms with Crippen LogP contribution in [0.2, 0.25) is 0 Å². The molecule has 3 rings (SSSR count). The molecule has 0 saturated carbocycles. The van der Waals surface area contributed by atoms with Gasteiger partial charge in [0.15, 0.2) is 0 Å². The van der Waals surface area contributed by atoms with Crippen LogP contribution in [-0.4, -0.2) is 0 Å². The maximum atomic E-state index is 3.66. The molecule has 2 aromatic rings. The Morgan fingerprint density at radius 2 is 1.85 bits per heavy atom. The van der Waals surface area contributed by atoms with E-state index in [4.69, 9.17) is 0 Å². The first-order chi connectivity index (χ1) is 9.74. The summed E-state index contributed by atoms with van der Waals surface area (Å²) in [5.74, 6) is 0. The molecule has 0 heterocycles. The van der Waals surface area contributed by atoms with Crippen LogP contribution in [0.5, 0.6) is 0 Å². The maximum Gasteiger partial charge on any atom is 0.0403 e. The van der Waals surface area contributed by atoms with Crippen LogP contribution in [0, 0.1) is 13.8 Å². The van der Waals surface area contributed by atoms with Gasteiger partial charge in [0.25, 0.3) is 0 Å². The van der Waals surface area contributed by atoms with Crippen molar-refractivity contribution in [2.75, 3.05) is 5.32 Å². The van der Waals surface area contributed by atoms with Gasteiger partial charge >= 0.3 is 0 Å². The van der Waals surface area contributed by atoms with Crippen molar-refractivity contribution in [3.05, 3.63) is 64.2 Å². The molecule has 104 valence electrons. The van der Waals surface area contributed by atoms with Crippen LogP contribution in [-0.2, 0) is 19.4 Å². The van der Waals surface area contributed by atoms with Crippen molar-refractivity contribution in [1.82, 2.24) is 0 Å². The van der Waals surface area contributed by atoms with Crippen LogP contribution in [0.25, 0.3) is 0 Å². The molecule has 1 nitrogen and oxygen atoms in total. The number of hydrogen-bond donors (Lipinski definition) is 1. The summed E-state index contributed by atoms with van der Waals surface area (Å²) in [6.07, 6.45) is 5.14. The molecule has 0 atom stereocenters. The molecule has 1 heteroatoms. The average Bonchev–Trinajstić information content (AvgIpc) is 2.48. The number of aryl methyl sites for hydroxylation is 3. The second-order valence-electron chi connectivity index (χ2n) is 5.93. The number of benzene rings is 2. The number of hydrogen-bond acceptors (Lipinski definition) is 1. The Balaban J connectivity index is 1.80. The second-order valence-corrected chi connectivity index (χ2v) is 5.93. The summed E-state index contributed by atoms with van der Waals surface area (Å²) in [6.45, 7) is 5.27. The zero-order valence-electron chi connectivity index (χ0n) is 12.5. The van der Waals surface area contributed by atoms with Crippen LogP contribution >= 0.6 is 0 Å². The lowest BCUT2D eigenvalue weighted by Crippen LogP contribution is -2.09. The van der Waals surface area contributed by atoms with Crippen molar-refractivity contribution in [1.29, 1.82) is 0 Å². The average molecular weight is 265 g/mol. The van der Waals surface area contributed by atoms with Crippen molar-refractivity contribution in [2.24, 2.45) is 0 Å². The Kier molecular flexibility index (Phi) is 3.77. The highest BCUT2D eigenvalue weighted by molar-refractivity contribution is 5.56. The van der Waals surface area contributed by atoms with Gasteiger partial charge in [-0.2, -0.15) is 0 Å². The molecule has 0 aromatic heterocycles. The molecule has 0 unspecified atom stereocenters. The van der Waals surface area contributed by atoms with Crippen molar-refractivity contribution in [3.63, 3.8) is 0 Å². The molecule has 0 fully saturated rings. The molecule has 20 heavy (non-hydrogen) atoms. The number of anilines is 1. The van der Waals surface area contributed by atoms with E-state index < -0.39 is 0 Å². The minimum Gasteiger partial charge on any atom is -0.381 e. The molecule has 1 N–H and O–H groups in total. The van der Waals surface area contributed by atoms with Gasteiger partial charge < -0.3 is 5.32 Å². The van der Waals surface area contributed by atoms with Gasteiger partial charge in [-0.1, -0.05) is 35.9 Å². The molecule has 0 radical (unpaired) electrons. The molecule has 2 aromatic carbocycles. The summed E-state index contributed by atoms with van der Waals surface area (Å²) in [4.78, 5) is 0. The Morgan fingerprint density at radius 3 is 2.75 bits per heavy atom. The van der Waals surface area contributed by atoms with Crippen molar-refractivity contribution in [2.45, 2.75) is 46.1 Å². The fourth-order valence-electron chi connectivity index (χ4n) is 3.13. The third kappa shape index (κ3) is 2.72. The van der Waals surface area contributed by atoms with E-state index in [0.717, 1.165) is 6.54 Å². The second kappa shape index (κ2) is 5.70. The quantitative estimate of drug-likeness (QED) is 0.841. The summed E-state index contributed by atoms with van der Waals surface area (Å²) in [7, 11) is 0. The highest BCUT2D eigenvalue weighted by Crippen LogP contribution is 2.28. The first-order valence-corrected chi connectivity index (χ1v) is 7.65. The van der Waals surface area contributed by atoms with E-state index in [1.54, 1.807) is 11.1 Å². The smallest absolute Gasteiger partial charge is 0.0403 e. The van der Waals surface area contributed by atoms with Gasteiger partial charge in [-0.3, -0.25) is 0 Å². The van der Waals surface area contributed by atoms with Gasteiger partial charge in [-0.05, 0) is 67.9 Å². The van der Waals surface area contributed by atoms with E-state index in [-0.39, 0.29) is 0 Å². The molecule has 0 saturated heterocycles. The van der Waals surface area contributed by atoms with E-state index in [2.05, 4.69) is 55.6 Å². The molecule has 0 amide bonds. The Bertz CT molecular complexity index is 613. The zero-order chi connectivity index (χ0) is 13.9. The van der Waals surface area contributed by atoms with Gasteiger partial charge in [0, 0.05) is 12.2 Å². The summed E-state index contributed by atoms with van der Waals surface area (Å²) in [6, 6.07) is 13.4. The summed E-state index contributed by atoms with van der Waals surface area (Å²) >= 11 is 0. The van der Waals surface area contributed by atoms with E-state index in [9.17, 15) is 0 Å². The molecular formula is C19H23N. The molecule has 0 aliphatic heterocycles. The normalized spacial score (nSPS) is 13.9. The highest BCUT2D eigenvalue weighted by atomic mass is 14.9. The minimum absolute atomic E-state index is 0.921. The summed E-state index contributed by atoms with van der Waals surface area (Å²) in [5.41, 5.74) is 8.53. The molecule has 1 aliphatic carbocycles. The summed E-state index contributed by atoms with van der Waals surface area (Å²) < 4.78 is 0. The third-order valence-corrected chi connectivity index (χ3v) is 4.37. The number of fused-ring (bicyclic) bond motifs is 1. The van der Waals surface area contributed by atoms with Gasteiger partial charge in [0.2, 0.25) is 0 Å². The van der Waals surface area contributed by atoms with E-state index in [0.29, 0.717) is 0 Å². The first kappa shape index (κ1) is 13.2. The van der Waals surface area contributed by atoms with E-state index in [1.165, 1.54) is 48.1 Å². The molecule has 0 bridgehead atoms. The Morgan fingerprint density at radius 1 is 1.00 bits per heavy atom. The van der Waals surface area contributed by atoms with Crippen LogP contribution in [0.3, 0.4) is 0 Å². The van der Waals surface area contributed by atoms with Crippen LogP contribution in [0.4, 0.5) is 5.69 Å². The Labute approximate surface area is 122 Å². The molecular weight excluding hydrogens is 242 g/mol. The first-order valence-electron chi connectivity index (χ1n) is 7.65. The zero-order valence-corrected chi connectivity index (χ0v) is 12.5.